The van der Waals surface area contributed by atoms with Gasteiger partial charge < -0.3 is 14.8 Å². The van der Waals surface area contributed by atoms with E-state index >= 15 is 0 Å². The molecule has 0 aromatic heterocycles. The number of hydrazone groups is 1. The number of nitro benzene ring substituents is 1. The van der Waals surface area contributed by atoms with Gasteiger partial charge in [-0.1, -0.05) is 18.2 Å². The van der Waals surface area contributed by atoms with Gasteiger partial charge in [0.25, 0.3) is 17.5 Å². The molecule has 0 spiro atoms. The van der Waals surface area contributed by atoms with E-state index in [-0.39, 0.29) is 18.2 Å². The van der Waals surface area contributed by atoms with Gasteiger partial charge in [0.05, 0.1) is 11.1 Å². The summed E-state index contributed by atoms with van der Waals surface area (Å²) in [6, 6.07) is 19.1. The Kier molecular flexibility index (Phi) is 6.59. The van der Waals surface area contributed by atoms with Crippen molar-refractivity contribution in [1.29, 1.82) is 0 Å². The zero-order chi connectivity index (χ0) is 23.9. The highest BCUT2D eigenvalue weighted by atomic mass is 16.7. The van der Waals surface area contributed by atoms with Gasteiger partial charge in [0.2, 0.25) is 6.79 Å². The van der Waals surface area contributed by atoms with Crippen LogP contribution in [-0.2, 0) is 4.79 Å². The van der Waals surface area contributed by atoms with E-state index in [0.29, 0.717) is 28.2 Å². The standard InChI is InChI=1S/C24H18N4O6/c29-23(18-4-2-1-3-5-18)26-20(12-16-6-9-19(10-7-16)28(31)32)24(30)27-25-14-17-8-11-21-22(13-17)34-15-33-21/h1-14H,15H2,(H,26,29)(H,27,30)/b20-12-,25-14+. The van der Waals surface area contributed by atoms with Crippen LogP contribution in [0.1, 0.15) is 21.5 Å². The van der Waals surface area contributed by atoms with Gasteiger partial charge in [0, 0.05) is 17.7 Å². The van der Waals surface area contributed by atoms with Crippen LogP contribution >= 0.6 is 0 Å². The first-order valence-electron chi connectivity index (χ1n) is 10.1. The summed E-state index contributed by atoms with van der Waals surface area (Å²) in [5.41, 5.74) is 3.68. The van der Waals surface area contributed by atoms with Crippen molar-refractivity contribution in [3.05, 3.63) is 105 Å². The molecule has 3 aromatic carbocycles. The molecule has 0 fully saturated rings. The fourth-order valence-electron chi connectivity index (χ4n) is 3.02. The Labute approximate surface area is 193 Å². The Balaban J connectivity index is 1.52. The topological polar surface area (TPSA) is 132 Å². The number of hydrogen-bond donors (Lipinski definition) is 2. The lowest BCUT2D eigenvalue weighted by molar-refractivity contribution is -0.384. The molecular weight excluding hydrogens is 440 g/mol. The third-order valence-electron chi connectivity index (χ3n) is 4.72. The molecular formula is C24H18N4O6. The van der Waals surface area contributed by atoms with Crippen LogP contribution in [0.25, 0.3) is 6.08 Å². The molecule has 2 amide bonds. The minimum absolute atomic E-state index is 0.0921. The number of non-ortho nitro benzene ring substituents is 1. The van der Waals surface area contributed by atoms with Gasteiger partial charge in [-0.2, -0.15) is 5.10 Å². The van der Waals surface area contributed by atoms with E-state index in [2.05, 4.69) is 15.8 Å². The van der Waals surface area contributed by atoms with Crippen LogP contribution in [0.15, 0.2) is 83.6 Å². The summed E-state index contributed by atoms with van der Waals surface area (Å²) in [5, 5.41) is 17.4. The molecule has 0 aliphatic carbocycles. The summed E-state index contributed by atoms with van der Waals surface area (Å²) >= 11 is 0. The van der Waals surface area contributed by atoms with Gasteiger partial charge in [-0.05, 0) is 59.7 Å². The quantitative estimate of drug-likeness (QED) is 0.242. The SMILES string of the molecule is O=C(N/N=C/c1ccc2c(c1)OCO2)/C(=C/c1ccc([N+](=O)[O-])cc1)NC(=O)c1ccccc1. The van der Waals surface area contributed by atoms with E-state index in [4.69, 9.17) is 9.47 Å². The Bertz CT molecular complexity index is 1290. The Morgan fingerprint density at radius 2 is 1.65 bits per heavy atom. The van der Waals surface area contributed by atoms with Crippen molar-refractivity contribution < 1.29 is 24.0 Å². The molecule has 170 valence electrons. The lowest BCUT2D eigenvalue weighted by Gasteiger charge is -2.09. The third kappa shape index (κ3) is 5.43. The lowest BCUT2D eigenvalue weighted by Crippen LogP contribution is -2.32. The van der Waals surface area contributed by atoms with Gasteiger partial charge in [0.1, 0.15) is 5.70 Å². The molecule has 0 unspecified atom stereocenters. The second kappa shape index (κ2) is 10.1. The van der Waals surface area contributed by atoms with Crippen LogP contribution in [0, 0.1) is 10.1 Å². The van der Waals surface area contributed by atoms with Crippen molar-refractivity contribution in [3.8, 4) is 11.5 Å². The molecule has 10 heteroatoms. The molecule has 0 bridgehead atoms. The van der Waals surface area contributed by atoms with Crippen LogP contribution in [0.3, 0.4) is 0 Å². The summed E-state index contributed by atoms with van der Waals surface area (Å²) in [4.78, 5) is 35.8. The van der Waals surface area contributed by atoms with Crippen molar-refractivity contribution in [3.63, 3.8) is 0 Å². The van der Waals surface area contributed by atoms with Crippen molar-refractivity contribution in [1.82, 2.24) is 10.7 Å². The molecule has 4 rings (SSSR count). The number of rotatable bonds is 7. The highest BCUT2D eigenvalue weighted by Gasteiger charge is 2.15. The molecule has 1 heterocycles. The fourth-order valence-corrected chi connectivity index (χ4v) is 3.02. The third-order valence-corrected chi connectivity index (χ3v) is 4.72. The van der Waals surface area contributed by atoms with E-state index < -0.39 is 16.7 Å². The molecule has 0 atom stereocenters. The molecule has 1 aliphatic rings. The summed E-state index contributed by atoms with van der Waals surface area (Å²) in [7, 11) is 0. The monoisotopic (exact) mass is 458 g/mol. The first kappa shape index (κ1) is 22.2. The first-order valence-corrected chi connectivity index (χ1v) is 10.1. The number of fused-ring (bicyclic) bond motifs is 1. The van der Waals surface area contributed by atoms with Crippen molar-refractivity contribution >= 4 is 29.8 Å². The minimum atomic E-state index is -0.681. The molecule has 2 N–H and O–H groups in total. The normalized spacial score (nSPS) is 12.4. The summed E-state index contributed by atoms with van der Waals surface area (Å²) < 4.78 is 10.6. The molecule has 10 nitrogen and oxygen atoms in total. The number of nitro groups is 1. The average Bonchev–Trinajstić information content (AvgIpc) is 3.32. The maximum Gasteiger partial charge on any atom is 0.287 e. The van der Waals surface area contributed by atoms with Gasteiger partial charge >= 0.3 is 0 Å². The molecule has 1 aliphatic heterocycles. The Morgan fingerprint density at radius 3 is 2.38 bits per heavy atom. The van der Waals surface area contributed by atoms with Gasteiger partial charge in [-0.15, -0.1) is 0 Å². The van der Waals surface area contributed by atoms with E-state index in [1.807, 2.05) is 0 Å². The number of hydrogen-bond acceptors (Lipinski definition) is 7. The zero-order valence-corrected chi connectivity index (χ0v) is 17.6. The zero-order valence-electron chi connectivity index (χ0n) is 17.6. The predicted molar refractivity (Wildman–Crippen MR) is 123 cm³/mol. The van der Waals surface area contributed by atoms with Crippen molar-refractivity contribution in [2.45, 2.75) is 0 Å². The number of benzene rings is 3. The highest BCUT2D eigenvalue weighted by molar-refractivity contribution is 6.05. The van der Waals surface area contributed by atoms with Gasteiger partial charge in [-0.3, -0.25) is 19.7 Å². The number of nitrogens with zero attached hydrogens (tertiary/aromatic N) is 2. The lowest BCUT2D eigenvalue weighted by atomic mass is 10.1. The number of amides is 2. The number of carbonyl (C=O) groups excluding carboxylic acids is 2. The number of carbonyl (C=O) groups is 2. The molecule has 34 heavy (non-hydrogen) atoms. The maximum absolute atomic E-state index is 12.8. The van der Waals surface area contributed by atoms with E-state index in [1.54, 1.807) is 48.5 Å². The predicted octanol–water partition coefficient (Wildman–Crippen LogP) is 3.24. The second-order valence-corrected chi connectivity index (χ2v) is 7.04. The summed E-state index contributed by atoms with van der Waals surface area (Å²) in [6.45, 7) is 0.143. The molecule has 0 saturated carbocycles. The van der Waals surface area contributed by atoms with Crippen LogP contribution in [0.4, 0.5) is 5.69 Å². The Morgan fingerprint density at radius 1 is 0.941 bits per heavy atom. The van der Waals surface area contributed by atoms with Crippen LogP contribution < -0.4 is 20.2 Å². The Hall–Kier alpha value is -4.99. The van der Waals surface area contributed by atoms with Gasteiger partial charge in [0.15, 0.2) is 11.5 Å². The smallest absolute Gasteiger partial charge is 0.287 e. The molecule has 3 aromatic rings. The second-order valence-electron chi connectivity index (χ2n) is 7.04. The van der Waals surface area contributed by atoms with Crippen LogP contribution in [0.2, 0.25) is 0 Å². The van der Waals surface area contributed by atoms with E-state index in [0.717, 1.165) is 0 Å². The van der Waals surface area contributed by atoms with Crippen molar-refractivity contribution in [2.24, 2.45) is 5.10 Å². The largest absolute Gasteiger partial charge is 0.454 e. The fraction of sp³-hybridized carbons (Fsp3) is 0.0417. The molecule has 0 radical (unpaired) electrons. The summed E-state index contributed by atoms with van der Waals surface area (Å²) in [5.74, 6) is 0.0190. The number of nitrogens with one attached hydrogen (secondary N) is 2. The highest BCUT2D eigenvalue weighted by Crippen LogP contribution is 2.31. The molecule has 0 saturated heterocycles. The average molecular weight is 458 g/mol. The van der Waals surface area contributed by atoms with Crippen LogP contribution in [0.5, 0.6) is 11.5 Å². The first-order chi connectivity index (χ1) is 16.5. The minimum Gasteiger partial charge on any atom is -0.454 e. The van der Waals surface area contributed by atoms with Gasteiger partial charge in [-0.25, -0.2) is 5.43 Å². The van der Waals surface area contributed by atoms with Crippen LogP contribution in [-0.4, -0.2) is 29.7 Å². The van der Waals surface area contributed by atoms with Crippen molar-refractivity contribution in [2.75, 3.05) is 6.79 Å². The number of ether oxygens (including phenoxy) is 2. The van der Waals surface area contributed by atoms with E-state index in [9.17, 15) is 19.7 Å². The summed E-state index contributed by atoms with van der Waals surface area (Å²) in [6.07, 6.45) is 2.82. The maximum atomic E-state index is 12.8. The van der Waals surface area contributed by atoms with E-state index in [1.165, 1.54) is 36.6 Å².